The second-order valence-corrected chi connectivity index (χ2v) is 8.35. The van der Waals surface area contributed by atoms with Gasteiger partial charge < -0.3 is 14.2 Å². The third-order valence-electron chi connectivity index (χ3n) is 4.29. The van der Waals surface area contributed by atoms with Crippen LogP contribution in [0.1, 0.15) is 6.42 Å². The number of nitrogens with zero attached hydrogens (tertiary/aromatic N) is 2. The summed E-state index contributed by atoms with van der Waals surface area (Å²) in [6, 6.07) is 6.34. The van der Waals surface area contributed by atoms with E-state index < -0.39 is 10.0 Å². The van der Waals surface area contributed by atoms with Gasteiger partial charge in [-0.2, -0.15) is 4.31 Å². The molecule has 2 aliphatic rings. The van der Waals surface area contributed by atoms with E-state index in [2.05, 4.69) is 4.98 Å². The van der Waals surface area contributed by atoms with Crippen LogP contribution in [0.3, 0.4) is 0 Å². The van der Waals surface area contributed by atoms with Crippen molar-refractivity contribution in [2.75, 3.05) is 26.3 Å². The highest BCUT2D eigenvalue weighted by Crippen LogP contribution is 2.34. The molecule has 0 amide bonds. The maximum atomic E-state index is 12.9. The minimum absolute atomic E-state index is 0.185. The molecule has 1 fully saturated rings. The summed E-state index contributed by atoms with van der Waals surface area (Å²) in [5.74, 6) is 1.52. The minimum atomic E-state index is -3.64. The van der Waals surface area contributed by atoms with Crippen molar-refractivity contribution in [3.05, 3.63) is 41.7 Å². The van der Waals surface area contributed by atoms with Crippen molar-refractivity contribution < 1.29 is 22.6 Å². The first-order chi connectivity index (χ1) is 12.5. The highest BCUT2D eigenvalue weighted by atomic mass is 35.5. The number of ether oxygens (including phenoxy) is 3. The van der Waals surface area contributed by atoms with Gasteiger partial charge in [-0.1, -0.05) is 11.6 Å². The van der Waals surface area contributed by atoms with Crippen molar-refractivity contribution in [1.82, 2.24) is 9.29 Å². The largest absolute Gasteiger partial charge is 0.487 e. The third kappa shape index (κ3) is 3.32. The molecular formula is C17H17ClN2O5S. The van der Waals surface area contributed by atoms with Gasteiger partial charge in [-0.15, -0.1) is 0 Å². The lowest BCUT2D eigenvalue weighted by atomic mass is 10.3. The SMILES string of the molecule is O=S(=O)(c1ccc2c(c1)OCCO2)N1CC[C@H](Oc2ccncc2Cl)C1. The predicted molar refractivity (Wildman–Crippen MR) is 94.5 cm³/mol. The summed E-state index contributed by atoms with van der Waals surface area (Å²) >= 11 is 6.05. The fraction of sp³-hybridized carbons (Fsp3) is 0.353. The zero-order valence-electron chi connectivity index (χ0n) is 13.8. The number of hydrogen-bond donors (Lipinski definition) is 0. The van der Waals surface area contributed by atoms with Crippen LogP contribution >= 0.6 is 11.6 Å². The first-order valence-corrected chi connectivity index (χ1v) is 10.0. The predicted octanol–water partition coefficient (Wildman–Crippen LogP) is 2.35. The van der Waals surface area contributed by atoms with Crippen LogP contribution in [0.5, 0.6) is 17.2 Å². The molecule has 0 aliphatic carbocycles. The number of aromatic nitrogens is 1. The molecule has 1 saturated heterocycles. The quantitative estimate of drug-likeness (QED) is 0.789. The van der Waals surface area contributed by atoms with Gasteiger partial charge in [-0.25, -0.2) is 8.42 Å². The number of fused-ring (bicyclic) bond motifs is 1. The Hall–Kier alpha value is -2.03. The van der Waals surface area contributed by atoms with Gasteiger partial charge in [0.15, 0.2) is 11.5 Å². The number of rotatable bonds is 4. The lowest BCUT2D eigenvalue weighted by Crippen LogP contribution is -2.31. The molecular weight excluding hydrogens is 380 g/mol. The molecule has 0 radical (unpaired) electrons. The van der Waals surface area contributed by atoms with Gasteiger partial charge >= 0.3 is 0 Å². The Morgan fingerprint density at radius 3 is 2.81 bits per heavy atom. The number of pyridine rings is 1. The topological polar surface area (TPSA) is 78.0 Å². The summed E-state index contributed by atoms with van der Waals surface area (Å²) in [5.41, 5.74) is 0. The van der Waals surface area contributed by atoms with Crippen LogP contribution in [0.2, 0.25) is 5.02 Å². The molecule has 2 aliphatic heterocycles. The van der Waals surface area contributed by atoms with Crippen molar-refractivity contribution >= 4 is 21.6 Å². The van der Waals surface area contributed by atoms with Gasteiger partial charge in [0, 0.05) is 31.1 Å². The molecule has 26 heavy (non-hydrogen) atoms. The number of hydrogen-bond acceptors (Lipinski definition) is 6. The smallest absolute Gasteiger partial charge is 0.243 e. The van der Waals surface area contributed by atoms with Crippen molar-refractivity contribution in [3.63, 3.8) is 0 Å². The van der Waals surface area contributed by atoms with Gasteiger partial charge in [0.25, 0.3) is 0 Å². The van der Waals surface area contributed by atoms with E-state index in [0.717, 1.165) is 0 Å². The van der Waals surface area contributed by atoms with Crippen molar-refractivity contribution in [1.29, 1.82) is 0 Å². The lowest BCUT2D eigenvalue weighted by Gasteiger charge is -2.21. The first kappa shape index (κ1) is 17.4. The van der Waals surface area contributed by atoms with E-state index >= 15 is 0 Å². The maximum absolute atomic E-state index is 12.9. The molecule has 0 N–H and O–H groups in total. The van der Waals surface area contributed by atoms with Gasteiger partial charge in [-0.05, 0) is 18.6 Å². The lowest BCUT2D eigenvalue weighted by molar-refractivity contribution is 0.171. The third-order valence-corrected chi connectivity index (χ3v) is 6.43. The highest BCUT2D eigenvalue weighted by molar-refractivity contribution is 7.89. The first-order valence-electron chi connectivity index (χ1n) is 8.20. The number of sulfonamides is 1. The van der Waals surface area contributed by atoms with E-state index in [1.165, 1.54) is 22.6 Å². The van der Waals surface area contributed by atoms with E-state index in [1.54, 1.807) is 18.3 Å². The fourth-order valence-corrected chi connectivity index (χ4v) is 4.65. The molecule has 9 heteroatoms. The molecule has 4 rings (SSSR count). The molecule has 0 saturated carbocycles. The van der Waals surface area contributed by atoms with Gasteiger partial charge in [0.05, 0.1) is 11.4 Å². The summed E-state index contributed by atoms with van der Waals surface area (Å²) < 4.78 is 44.0. The van der Waals surface area contributed by atoms with E-state index in [9.17, 15) is 8.42 Å². The Morgan fingerprint density at radius 2 is 2.00 bits per heavy atom. The molecule has 0 unspecified atom stereocenters. The Bertz CT molecular complexity index is 921. The van der Waals surface area contributed by atoms with Gasteiger partial charge in [-0.3, -0.25) is 4.98 Å². The van der Waals surface area contributed by atoms with Crippen LogP contribution in [0.25, 0.3) is 0 Å². The minimum Gasteiger partial charge on any atom is -0.487 e. The molecule has 7 nitrogen and oxygen atoms in total. The Balaban J connectivity index is 1.50. The monoisotopic (exact) mass is 396 g/mol. The van der Waals surface area contributed by atoms with E-state index in [1.807, 2.05) is 0 Å². The Morgan fingerprint density at radius 1 is 1.19 bits per heavy atom. The van der Waals surface area contributed by atoms with E-state index in [0.29, 0.717) is 48.5 Å². The molecule has 0 bridgehead atoms. The number of halogens is 1. The zero-order chi connectivity index (χ0) is 18.1. The van der Waals surface area contributed by atoms with Crippen LogP contribution in [0, 0.1) is 0 Å². The van der Waals surface area contributed by atoms with Crippen LogP contribution in [0.4, 0.5) is 0 Å². The Kier molecular flexibility index (Phi) is 4.64. The molecule has 0 spiro atoms. The van der Waals surface area contributed by atoms with Crippen LogP contribution in [-0.4, -0.2) is 50.1 Å². The summed E-state index contributed by atoms with van der Waals surface area (Å²) in [4.78, 5) is 4.09. The van der Waals surface area contributed by atoms with E-state index in [-0.39, 0.29) is 17.5 Å². The highest BCUT2D eigenvalue weighted by Gasteiger charge is 2.34. The van der Waals surface area contributed by atoms with Crippen LogP contribution in [0.15, 0.2) is 41.6 Å². The number of benzene rings is 1. The average Bonchev–Trinajstić information content (AvgIpc) is 3.13. The van der Waals surface area contributed by atoms with Crippen molar-refractivity contribution in [3.8, 4) is 17.2 Å². The standard InChI is InChI=1S/C17H17ClN2O5S/c18-14-10-19-5-3-15(14)25-12-4-6-20(11-12)26(21,22)13-1-2-16-17(9-13)24-8-7-23-16/h1-3,5,9-10,12H,4,6-8,11H2/t12-/m0/s1. The van der Waals surface area contributed by atoms with Crippen molar-refractivity contribution in [2.24, 2.45) is 0 Å². The molecule has 1 aromatic heterocycles. The second kappa shape index (κ2) is 6.94. The molecule has 138 valence electrons. The maximum Gasteiger partial charge on any atom is 0.243 e. The van der Waals surface area contributed by atoms with Crippen LogP contribution < -0.4 is 14.2 Å². The van der Waals surface area contributed by atoms with E-state index in [4.69, 9.17) is 25.8 Å². The van der Waals surface area contributed by atoms with Crippen LogP contribution in [-0.2, 0) is 10.0 Å². The molecule has 1 aromatic carbocycles. The Labute approximate surface area is 156 Å². The normalized spacial score (nSPS) is 20.1. The summed E-state index contributed by atoms with van der Waals surface area (Å²) in [6.07, 6.45) is 3.40. The summed E-state index contributed by atoms with van der Waals surface area (Å²) in [7, 11) is -3.64. The summed E-state index contributed by atoms with van der Waals surface area (Å²) in [5, 5.41) is 0.403. The zero-order valence-corrected chi connectivity index (χ0v) is 15.4. The second-order valence-electron chi connectivity index (χ2n) is 6.00. The van der Waals surface area contributed by atoms with Gasteiger partial charge in [0.1, 0.15) is 30.1 Å². The molecule has 3 heterocycles. The van der Waals surface area contributed by atoms with Gasteiger partial charge in [0.2, 0.25) is 10.0 Å². The molecule has 1 atom stereocenters. The fourth-order valence-electron chi connectivity index (χ4n) is 2.98. The van der Waals surface area contributed by atoms with Crippen molar-refractivity contribution in [2.45, 2.75) is 17.4 Å². The summed E-state index contributed by atoms with van der Waals surface area (Å²) in [6.45, 7) is 1.50. The average molecular weight is 397 g/mol. The molecule has 2 aromatic rings.